The number of nitrogens with zero attached hydrogens (tertiary/aromatic N) is 1. The van der Waals surface area contributed by atoms with Gasteiger partial charge in [-0.2, -0.15) is 5.26 Å². The molecule has 1 aromatic rings. The minimum atomic E-state index is -0.284. The number of carbonyl (C=O) groups excluding carboxylic acids is 1. The highest BCUT2D eigenvalue weighted by atomic mass is 16.5. The maximum absolute atomic E-state index is 11.4. The zero-order chi connectivity index (χ0) is 13.5. The Hall–Kier alpha value is -1.86. The molecule has 4 nitrogen and oxygen atoms in total. The molecule has 0 aromatic heterocycles. The van der Waals surface area contributed by atoms with E-state index in [1.807, 2.05) is 13.0 Å². The van der Waals surface area contributed by atoms with Gasteiger partial charge in [0.1, 0.15) is 0 Å². The second kappa shape index (κ2) is 6.77. The van der Waals surface area contributed by atoms with Crippen LogP contribution in [0.2, 0.25) is 0 Å². The van der Waals surface area contributed by atoms with Gasteiger partial charge in [0.15, 0.2) is 0 Å². The predicted octanol–water partition coefficient (Wildman–Crippen LogP) is 1.68. The number of ether oxygens (including phenoxy) is 1. The molecular formula is C14H18N2O2. The molecule has 0 radical (unpaired) electrons. The van der Waals surface area contributed by atoms with E-state index in [2.05, 4.69) is 6.07 Å². The summed E-state index contributed by atoms with van der Waals surface area (Å²) in [4.78, 5) is 11.4. The maximum atomic E-state index is 11.4. The summed E-state index contributed by atoms with van der Waals surface area (Å²) in [6.07, 6.45) is 0.939. The first-order chi connectivity index (χ1) is 8.65. The predicted molar refractivity (Wildman–Crippen MR) is 68.8 cm³/mol. The average molecular weight is 246 g/mol. The summed E-state index contributed by atoms with van der Waals surface area (Å²) in [6.45, 7) is 4.49. The Morgan fingerprint density at radius 3 is 2.67 bits per heavy atom. The molecular weight excluding hydrogens is 228 g/mol. The summed E-state index contributed by atoms with van der Waals surface area (Å²) in [5, 5.41) is 9.12. The summed E-state index contributed by atoms with van der Waals surface area (Å²) in [6, 6.07) is 5.79. The van der Waals surface area contributed by atoms with Crippen LogP contribution in [0, 0.1) is 11.3 Å². The molecule has 0 saturated heterocycles. The Morgan fingerprint density at radius 1 is 1.44 bits per heavy atom. The van der Waals surface area contributed by atoms with Crippen LogP contribution in [0.5, 0.6) is 0 Å². The van der Waals surface area contributed by atoms with E-state index < -0.39 is 0 Å². The van der Waals surface area contributed by atoms with Crippen LogP contribution in [0.3, 0.4) is 0 Å². The van der Waals surface area contributed by atoms with Gasteiger partial charge < -0.3 is 10.5 Å². The largest absolute Gasteiger partial charge is 0.466 e. The molecule has 0 heterocycles. The van der Waals surface area contributed by atoms with E-state index in [9.17, 15) is 4.79 Å². The van der Waals surface area contributed by atoms with Crippen molar-refractivity contribution in [3.05, 3.63) is 34.4 Å². The third-order valence-corrected chi connectivity index (χ3v) is 2.75. The first-order valence-electron chi connectivity index (χ1n) is 6.06. The van der Waals surface area contributed by atoms with Crippen LogP contribution >= 0.6 is 0 Å². The Kier molecular flexibility index (Phi) is 5.34. The lowest BCUT2D eigenvalue weighted by Gasteiger charge is -2.11. The molecule has 0 unspecified atom stereocenters. The van der Waals surface area contributed by atoms with Gasteiger partial charge in [-0.3, -0.25) is 4.79 Å². The van der Waals surface area contributed by atoms with Crippen molar-refractivity contribution in [1.82, 2.24) is 0 Å². The SMILES string of the molecule is CCOC(=O)Cc1cc(C#N)c(CC)c(CN)c1. The van der Waals surface area contributed by atoms with Gasteiger partial charge in [0.25, 0.3) is 0 Å². The first kappa shape index (κ1) is 14.2. The number of benzene rings is 1. The molecule has 2 N–H and O–H groups in total. The van der Waals surface area contributed by atoms with Crippen molar-refractivity contribution in [2.45, 2.75) is 33.2 Å². The highest BCUT2D eigenvalue weighted by Crippen LogP contribution is 2.18. The van der Waals surface area contributed by atoms with Gasteiger partial charge in [-0.1, -0.05) is 13.0 Å². The normalized spacial score (nSPS) is 9.89. The van der Waals surface area contributed by atoms with Crippen LogP contribution in [0.25, 0.3) is 0 Å². The molecule has 0 aliphatic carbocycles. The quantitative estimate of drug-likeness (QED) is 0.802. The van der Waals surface area contributed by atoms with E-state index in [1.165, 1.54) is 0 Å². The number of nitriles is 1. The number of esters is 1. The van der Waals surface area contributed by atoms with Crippen molar-refractivity contribution in [3.63, 3.8) is 0 Å². The van der Waals surface area contributed by atoms with Crippen LogP contribution in [0.15, 0.2) is 12.1 Å². The lowest BCUT2D eigenvalue weighted by Crippen LogP contribution is -2.10. The molecule has 0 saturated carbocycles. The number of hydrogen-bond acceptors (Lipinski definition) is 4. The van der Waals surface area contributed by atoms with Crippen molar-refractivity contribution < 1.29 is 9.53 Å². The molecule has 18 heavy (non-hydrogen) atoms. The standard InChI is InChI=1S/C14H18N2O2/c1-3-13-11(8-15)5-10(6-12(13)9-16)7-14(17)18-4-2/h5-6H,3-4,7-8,15H2,1-2H3. The van der Waals surface area contributed by atoms with Crippen LogP contribution < -0.4 is 5.73 Å². The number of nitrogens with two attached hydrogens (primary N) is 1. The third-order valence-electron chi connectivity index (χ3n) is 2.75. The fourth-order valence-corrected chi connectivity index (χ4v) is 1.98. The van der Waals surface area contributed by atoms with Gasteiger partial charge in [-0.05, 0) is 36.1 Å². The molecule has 0 fully saturated rings. The zero-order valence-electron chi connectivity index (χ0n) is 10.8. The van der Waals surface area contributed by atoms with Crippen molar-refractivity contribution in [2.24, 2.45) is 5.73 Å². The first-order valence-corrected chi connectivity index (χ1v) is 6.06. The van der Waals surface area contributed by atoms with E-state index in [1.54, 1.807) is 13.0 Å². The second-order valence-electron chi connectivity index (χ2n) is 3.93. The highest BCUT2D eigenvalue weighted by Gasteiger charge is 2.11. The van der Waals surface area contributed by atoms with Crippen molar-refractivity contribution in [2.75, 3.05) is 6.61 Å². The fraction of sp³-hybridized carbons (Fsp3) is 0.429. The van der Waals surface area contributed by atoms with E-state index in [0.717, 1.165) is 23.1 Å². The van der Waals surface area contributed by atoms with Crippen molar-refractivity contribution >= 4 is 5.97 Å². The van der Waals surface area contributed by atoms with Crippen LogP contribution in [0.4, 0.5) is 0 Å². The zero-order valence-corrected chi connectivity index (χ0v) is 10.8. The van der Waals surface area contributed by atoms with E-state index in [-0.39, 0.29) is 12.4 Å². The Bertz CT molecular complexity index is 475. The van der Waals surface area contributed by atoms with Gasteiger partial charge in [0.2, 0.25) is 0 Å². The molecule has 96 valence electrons. The average Bonchev–Trinajstić information content (AvgIpc) is 2.37. The van der Waals surface area contributed by atoms with Gasteiger partial charge in [0, 0.05) is 6.54 Å². The number of hydrogen-bond donors (Lipinski definition) is 1. The van der Waals surface area contributed by atoms with Crippen LogP contribution in [-0.2, 0) is 28.9 Å². The number of carbonyl (C=O) groups is 1. The minimum absolute atomic E-state index is 0.180. The summed E-state index contributed by atoms with van der Waals surface area (Å²) in [7, 11) is 0. The number of rotatable bonds is 5. The molecule has 1 rings (SSSR count). The fourth-order valence-electron chi connectivity index (χ4n) is 1.98. The molecule has 1 aromatic carbocycles. The molecule has 0 bridgehead atoms. The topological polar surface area (TPSA) is 76.1 Å². The summed E-state index contributed by atoms with van der Waals surface area (Å²) >= 11 is 0. The Labute approximate surface area is 107 Å². The smallest absolute Gasteiger partial charge is 0.310 e. The van der Waals surface area contributed by atoms with Gasteiger partial charge in [-0.25, -0.2) is 0 Å². The van der Waals surface area contributed by atoms with Crippen LogP contribution in [-0.4, -0.2) is 12.6 Å². The monoisotopic (exact) mass is 246 g/mol. The Balaban J connectivity index is 3.08. The summed E-state index contributed by atoms with van der Waals surface area (Å²) in [5.74, 6) is -0.284. The van der Waals surface area contributed by atoms with Crippen molar-refractivity contribution in [3.8, 4) is 6.07 Å². The minimum Gasteiger partial charge on any atom is -0.466 e. The molecule has 0 spiro atoms. The van der Waals surface area contributed by atoms with Gasteiger partial charge in [0.05, 0.1) is 24.7 Å². The second-order valence-corrected chi connectivity index (χ2v) is 3.93. The third kappa shape index (κ3) is 3.31. The van der Waals surface area contributed by atoms with Crippen LogP contribution in [0.1, 0.15) is 36.1 Å². The molecule has 0 atom stereocenters. The van der Waals surface area contributed by atoms with E-state index >= 15 is 0 Å². The molecule has 0 amide bonds. The molecule has 4 heteroatoms. The van der Waals surface area contributed by atoms with E-state index in [4.69, 9.17) is 15.7 Å². The summed E-state index contributed by atoms with van der Waals surface area (Å²) < 4.78 is 4.90. The lowest BCUT2D eigenvalue weighted by molar-refractivity contribution is -0.142. The molecule has 0 aliphatic heterocycles. The lowest BCUT2D eigenvalue weighted by atomic mass is 9.95. The Morgan fingerprint density at radius 2 is 2.17 bits per heavy atom. The summed E-state index contributed by atoms with van der Waals surface area (Å²) in [5.41, 5.74) is 8.95. The highest BCUT2D eigenvalue weighted by molar-refractivity contribution is 5.73. The van der Waals surface area contributed by atoms with Gasteiger partial charge >= 0.3 is 5.97 Å². The maximum Gasteiger partial charge on any atom is 0.310 e. The van der Waals surface area contributed by atoms with Gasteiger partial charge in [-0.15, -0.1) is 0 Å². The molecule has 0 aliphatic rings. The van der Waals surface area contributed by atoms with Crippen molar-refractivity contribution in [1.29, 1.82) is 5.26 Å². The van der Waals surface area contributed by atoms with E-state index in [0.29, 0.717) is 18.7 Å².